The number of aromatic nitrogens is 1. The van der Waals surface area contributed by atoms with Gasteiger partial charge in [0, 0.05) is 17.9 Å². The van der Waals surface area contributed by atoms with Gasteiger partial charge in [0.05, 0.1) is 5.69 Å². The summed E-state index contributed by atoms with van der Waals surface area (Å²) in [6.45, 7) is 5.95. The Bertz CT molecular complexity index is 943. The van der Waals surface area contributed by atoms with Crippen LogP contribution in [0.3, 0.4) is 0 Å². The van der Waals surface area contributed by atoms with Gasteiger partial charge in [-0.1, -0.05) is 12.1 Å². The Morgan fingerprint density at radius 3 is 2.46 bits per heavy atom. The molecule has 2 heterocycles. The van der Waals surface area contributed by atoms with E-state index in [0.29, 0.717) is 10.5 Å². The van der Waals surface area contributed by atoms with E-state index in [-0.39, 0.29) is 17.3 Å². The van der Waals surface area contributed by atoms with Crippen LogP contribution in [0.5, 0.6) is 0 Å². The van der Waals surface area contributed by atoms with Crippen LogP contribution >= 0.6 is 0 Å². The van der Waals surface area contributed by atoms with Gasteiger partial charge in [-0.2, -0.15) is 0 Å². The number of anilines is 1. The van der Waals surface area contributed by atoms with Crippen molar-refractivity contribution in [3.05, 3.63) is 59.2 Å². The Labute approximate surface area is 149 Å². The third kappa shape index (κ3) is 3.03. The molecule has 0 radical (unpaired) electrons. The van der Waals surface area contributed by atoms with Crippen molar-refractivity contribution in [3.8, 4) is 0 Å². The monoisotopic (exact) mass is 355 g/mol. The number of carbonyl (C=O) groups excluding carboxylic acids is 3. The molecule has 1 aliphatic rings. The maximum atomic E-state index is 14.0. The fourth-order valence-corrected chi connectivity index (χ4v) is 2.93. The normalized spacial score (nSPS) is 16.6. The smallest absolute Gasteiger partial charge is 0.336 e. The summed E-state index contributed by atoms with van der Waals surface area (Å²) in [5.74, 6) is -2.40. The molecule has 1 aromatic heterocycles. The van der Waals surface area contributed by atoms with Crippen LogP contribution in [0.1, 0.15) is 31.1 Å². The lowest BCUT2D eigenvalue weighted by molar-refractivity contribution is -0.122. The number of nitrogens with zero attached hydrogens (tertiary/aromatic N) is 2. The number of carbonyl (C=O) groups is 3. The summed E-state index contributed by atoms with van der Waals surface area (Å²) in [5.41, 5.74) is 1.19. The number of nitrogens with one attached hydrogen (secondary N) is 1. The molecule has 0 spiro atoms. The summed E-state index contributed by atoms with van der Waals surface area (Å²) in [6.07, 6.45) is 3.22. The zero-order chi connectivity index (χ0) is 19.0. The van der Waals surface area contributed by atoms with E-state index in [0.717, 1.165) is 11.8 Å². The molecule has 0 atom stereocenters. The Morgan fingerprint density at radius 2 is 1.85 bits per heavy atom. The van der Waals surface area contributed by atoms with E-state index in [1.807, 2.05) is 37.6 Å². The molecule has 1 fully saturated rings. The molecule has 6 nitrogen and oxygen atoms in total. The highest BCUT2D eigenvalue weighted by molar-refractivity contribution is 6.39. The van der Waals surface area contributed by atoms with Crippen LogP contribution < -0.4 is 10.2 Å². The highest BCUT2D eigenvalue weighted by Gasteiger charge is 2.37. The number of barbiturate groups is 1. The second kappa shape index (κ2) is 6.59. The lowest BCUT2D eigenvalue weighted by Crippen LogP contribution is -2.54. The Hall–Kier alpha value is -3.22. The van der Waals surface area contributed by atoms with Gasteiger partial charge >= 0.3 is 6.03 Å². The fourth-order valence-electron chi connectivity index (χ4n) is 2.93. The van der Waals surface area contributed by atoms with Crippen molar-refractivity contribution >= 4 is 29.6 Å². The van der Waals surface area contributed by atoms with Gasteiger partial charge in [-0.05, 0) is 50.6 Å². The number of hydrogen-bond donors (Lipinski definition) is 1. The standard InChI is InChI=1S/C19H18FN3O3/c1-11(2)22-10-13(8-12(22)3)9-14-17(24)21-19(26)23(18(14)25)16-7-5-4-6-15(16)20/h4-11H,1-3H3,(H,21,24,26)/b14-9-. The Morgan fingerprint density at radius 1 is 1.15 bits per heavy atom. The van der Waals surface area contributed by atoms with Crippen LogP contribution in [0.25, 0.3) is 6.08 Å². The molecule has 1 N–H and O–H groups in total. The van der Waals surface area contributed by atoms with E-state index in [1.54, 1.807) is 0 Å². The molecule has 0 unspecified atom stereocenters. The van der Waals surface area contributed by atoms with Crippen molar-refractivity contribution in [2.24, 2.45) is 0 Å². The van der Waals surface area contributed by atoms with Gasteiger partial charge < -0.3 is 4.57 Å². The number of urea groups is 1. The molecule has 1 aromatic carbocycles. The molecule has 7 heteroatoms. The largest absolute Gasteiger partial charge is 0.349 e. The van der Waals surface area contributed by atoms with Gasteiger partial charge in [0.1, 0.15) is 11.4 Å². The first kappa shape index (κ1) is 17.6. The van der Waals surface area contributed by atoms with Gasteiger partial charge in [-0.25, -0.2) is 14.1 Å². The maximum absolute atomic E-state index is 14.0. The van der Waals surface area contributed by atoms with Crippen LogP contribution in [0, 0.1) is 12.7 Å². The van der Waals surface area contributed by atoms with E-state index in [1.165, 1.54) is 24.3 Å². The summed E-state index contributed by atoms with van der Waals surface area (Å²) in [4.78, 5) is 37.6. The van der Waals surface area contributed by atoms with Crippen molar-refractivity contribution in [1.29, 1.82) is 0 Å². The minimum Gasteiger partial charge on any atom is -0.349 e. The van der Waals surface area contributed by atoms with Crippen LogP contribution in [0.2, 0.25) is 0 Å². The van der Waals surface area contributed by atoms with E-state index in [2.05, 4.69) is 5.32 Å². The average molecular weight is 355 g/mol. The number of hydrogen-bond acceptors (Lipinski definition) is 3. The molecule has 0 aliphatic carbocycles. The van der Waals surface area contributed by atoms with E-state index in [9.17, 15) is 18.8 Å². The number of rotatable bonds is 3. The van der Waals surface area contributed by atoms with Crippen LogP contribution in [-0.2, 0) is 9.59 Å². The summed E-state index contributed by atoms with van der Waals surface area (Å²) in [5, 5.41) is 2.09. The van der Waals surface area contributed by atoms with Gasteiger partial charge in [0.2, 0.25) is 0 Å². The minimum absolute atomic E-state index is 0.204. The molecule has 2 aromatic rings. The van der Waals surface area contributed by atoms with Gasteiger partial charge in [0.15, 0.2) is 0 Å². The number of halogens is 1. The maximum Gasteiger partial charge on any atom is 0.336 e. The lowest BCUT2D eigenvalue weighted by Gasteiger charge is -2.26. The first-order valence-corrected chi connectivity index (χ1v) is 8.14. The molecule has 3 rings (SSSR count). The van der Waals surface area contributed by atoms with Crippen LogP contribution in [0.15, 0.2) is 42.1 Å². The highest BCUT2D eigenvalue weighted by atomic mass is 19.1. The molecule has 26 heavy (non-hydrogen) atoms. The zero-order valence-corrected chi connectivity index (χ0v) is 14.6. The van der Waals surface area contributed by atoms with Crippen LogP contribution in [0.4, 0.5) is 14.9 Å². The van der Waals surface area contributed by atoms with Crippen molar-refractivity contribution in [1.82, 2.24) is 9.88 Å². The highest BCUT2D eigenvalue weighted by Crippen LogP contribution is 2.25. The summed E-state index contributed by atoms with van der Waals surface area (Å²) in [7, 11) is 0. The molecule has 134 valence electrons. The topological polar surface area (TPSA) is 71.4 Å². The molecular weight excluding hydrogens is 337 g/mol. The molecule has 0 saturated carbocycles. The summed E-state index contributed by atoms with van der Waals surface area (Å²) >= 11 is 0. The summed E-state index contributed by atoms with van der Waals surface area (Å²) < 4.78 is 16.0. The first-order chi connectivity index (χ1) is 12.3. The number of benzene rings is 1. The summed E-state index contributed by atoms with van der Waals surface area (Å²) in [6, 6.07) is 6.47. The second-order valence-electron chi connectivity index (χ2n) is 6.33. The van der Waals surface area contributed by atoms with E-state index < -0.39 is 23.7 Å². The third-order valence-corrected chi connectivity index (χ3v) is 4.13. The number of aryl methyl sites for hydroxylation is 1. The molecular formula is C19H18FN3O3. The molecule has 4 amide bonds. The average Bonchev–Trinajstić information content (AvgIpc) is 2.94. The fraction of sp³-hybridized carbons (Fsp3) is 0.211. The predicted molar refractivity (Wildman–Crippen MR) is 95.0 cm³/mol. The number of amides is 4. The third-order valence-electron chi connectivity index (χ3n) is 4.13. The molecule has 0 bridgehead atoms. The van der Waals surface area contributed by atoms with Gasteiger partial charge in [0.25, 0.3) is 11.8 Å². The predicted octanol–water partition coefficient (Wildman–Crippen LogP) is 3.18. The number of imide groups is 2. The molecule has 1 aliphatic heterocycles. The lowest BCUT2D eigenvalue weighted by atomic mass is 10.1. The second-order valence-corrected chi connectivity index (χ2v) is 6.33. The SMILES string of the molecule is Cc1cc(/C=C2/C(=O)NC(=O)N(c3ccccc3F)C2=O)cn1C(C)C. The quantitative estimate of drug-likeness (QED) is 0.679. The van der Waals surface area contributed by atoms with Gasteiger partial charge in [-0.3, -0.25) is 14.9 Å². The Balaban J connectivity index is 2.03. The van der Waals surface area contributed by atoms with Crippen LogP contribution in [-0.4, -0.2) is 22.4 Å². The number of para-hydroxylation sites is 1. The minimum atomic E-state index is -0.974. The zero-order valence-electron chi connectivity index (χ0n) is 14.6. The van der Waals surface area contributed by atoms with E-state index in [4.69, 9.17) is 0 Å². The van der Waals surface area contributed by atoms with Crippen molar-refractivity contribution < 1.29 is 18.8 Å². The molecule has 1 saturated heterocycles. The van der Waals surface area contributed by atoms with E-state index >= 15 is 0 Å². The van der Waals surface area contributed by atoms with Crippen molar-refractivity contribution in [2.75, 3.05) is 4.90 Å². The van der Waals surface area contributed by atoms with Crippen molar-refractivity contribution in [2.45, 2.75) is 26.8 Å². The van der Waals surface area contributed by atoms with Gasteiger partial charge in [-0.15, -0.1) is 0 Å². The Kier molecular flexibility index (Phi) is 4.46. The first-order valence-electron chi connectivity index (χ1n) is 8.14. The van der Waals surface area contributed by atoms with Crippen molar-refractivity contribution in [3.63, 3.8) is 0 Å².